The van der Waals surface area contributed by atoms with Gasteiger partial charge in [-0.15, -0.1) is 0 Å². The maximum Gasteiger partial charge on any atom is 0.223 e. The molecule has 0 aromatic heterocycles. The summed E-state index contributed by atoms with van der Waals surface area (Å²) in [5.41, 5.74) is 0.743. The summed E-state index contributed by atoms with van der Waals surface area (Å²) in [5, 5.41) is 2.78. The summed E-state index contributed by atoms with van der Waals surface area (Å²) in [6.07, 6.45) is 1.95. The zero-order valence-corrected chi connectivity index (χ0v) is 9.13. The van der Waals surface area contributed by atoms with Gasteiger partial charge in [0, 0.05) is 12.5 Å². The second-order valence-corrected chi connectivity index (χ2v) is 3.96. The van der Waals surface area contributed by atoms with Crippen LogP contribution in [0.2, 0.25) is 0 Å². The lowest BCUT2D eigenvalue weighted by Crippen LogP contribution is -2.24. The highest BCUT2D eigenvalue weighted by Crippen LogP contribution is 2.28. The summed E-state index contributed by atoms with van der Waals surface area (Å²) in [5.74, 6) is 0.0669. The van der Waals surface area contributed by atoms with Crippen molar-refractivity contribution >= 4 is 5.91 Å². The topological polar surface area (TPSA) is 38.3 Å². The number of hydrogen-bond donors (Lipinski definition) is 1. The van der Waals surface area contributed by atoms with Gasteiger partial charge in [0.25, 0.3) is 0 Å². The molecule has 0 atom stereocenters. The Morgan fingerprint density at radius 1 is 1.56 bits per heavy atom. The van der Waals surface area contributed by atoms with Crippen LogP contribution in [0.4, 0.5) is 4.39 Å². The van der Waals surface area contributed by atoms with Crippen LogP contribution in [0.3, 0.4) is 0 Å². The van der Waals surface area contributed by atoms with Crippen molar-refractivity contribution in [1.82, 2.24) is 5.32 Å². The molecule has 0 aliphatic heterocycles. The molecule has 2 rings (SSSR count). The van der Waals surface area contributed by atoms with E-state index in [4.69, 9.17) is 4.74 Å². The Balaban J connectivity index is 1.93. The number of rotatable bonds is 4. The minimum atomic E-state index is -0.402. The van der Waals surface area contributed by atoms with Gasteiger partial charge in [-0.05, 0) is 30.5 Å². The van der Waals surface area contributed by atoms with Crippen LogP contribution in [-0.4, -0.2) is 13.0 Å². The fourth-order valence-corrected chi connectivity index (χ4v) is 1.50. The van der Waals surface area contributed by atoms with Crippen molar-refractivity contribution in [1.29, 1.82) is 0 Å². The van der Waals surface area contributed by atoms with Gasteiger partial charge in [-0.25, -0.2) is 4.39 Å². The minimum Gasteiger partial charge on any atom is -0.494 e. The molecule has 16 heavy (non-hydrogen) atoms. The molecule has 0 unspecified atom stereocenters. The number of nitrogens with one attached hydrogen (secondary N) is 1. The highest BCUT2D eigenvalue weighted by molar-refractivity contribution is 5.80. The summed E-state index contributed by atoms with van der Waals surface area (Å²) in [6.45, 7) is 0.371. The third-order valence-corrected chi connectivity index (χ3v) is 2.63. The van der Waals surface area contributed by atoms with E-state index in [1.807, 2.05) is 0 Å². The van der Waals surface area contributed by atoms with Crippen LogP contribution in [0.15, 0.2) is 18.2 Å². The molecule has 0 bridgehead atoms. The van der Waals surface area contributed by atoms with E-state index in [9.17, 15) is 9.18 Å². The fourth-order valence-electron chi connectivity index (χ4n) is 1.50. The van der Waals surface area contributed by atoms with Crippen LogP contribution < -0.4 is 10.1 Å². The standard InChI is InChI=1S/C12H14FNO2/c1-16-11-5-2-8(6-10(11)13)7-14-12(15)9-3-4-9/h2,5-6,9H,3-4,7H2,1H3,(H,14,15). The molecule has 1 aliphatic rings. The summed E-state index contributed by atoms with van der Waals surface area (Å²) in [7, 11) is 1.42. The van der Waals surface area contributed by atoms with Gasteiger partial charge in [-0.3, -0.25) is 4.79 Å². The predicted octanol–water partition coefficient (Wildman–Crippen LogP) is 1.86. The number of hydrogen-bond acceptors (Lipinski definition) is 2. The zero-order valence-electron chi connectivity index (χ0n) is 9.13. The van der Waals surface area contributed by atoms with Crippen molar-refractivity contribution < 1.29 is 13.9 Å². The van der Waals surface area contributed by atoms with Crippen LogP contribution in [0.1, 0.15) is 18.4 Å². The molecule has 1 amide bonds. The lowest BCUT2D eigenvalue weighted by Gasteiger charge is -2.06. The number of benzene rings is 1. The van der Waals surface area contributed by atoms with Gasteiger partial charge in [0.2, 0.25) is 5.91 Å². The second-order valence-electron chi connectivity index (χ2n) is 3.96. The van der Waals surface area contributed by atoms with Crippen LogP contribution in [0, 0.1) is 11.7 Å². The third kappa shape index (κ3) is 2.51. The van der Waals surface area contributed by atoms with E-state index in [1.54, 1.807) is 12.1 Å². The second kappa shape index (κ2) is 4.51. The molecular weight excluding hydrogens is 209 g/mol. The van der Waals surface area contributed by atoms with E-state index >= 15 is 0 Å². The van der Waals surface area contributed by atoms with Crippen molar-refractivity contribution in [3.63, 3.8) is 0 Å². The SMILES string of the molecule is COc1ccc(CNC(=O)C2CC2)cc1F. The van der Waals surface area contributed by atoms with Crippen LogP contribution in [0.5, 0.6) is 5.75 Å². The van der Waals surface area contributed by atoms with E-state index in [0.717, 1.165) is 18.4 Å². The van der Waals surface area contributed by atoms with Crippen LogP contribution in [0.25, 0.3) is 0 Å². The minimum absolute atomic E-state index is 0.0660. The summed E-state index contributed by atoms with van der Waals surface area (Å²) >= 11 is 0. The number of carbonyl (C=O) groups excluding carboxylic acids is 1. The highest BCUT2D eigenvalue weighted by atomic mass is 19.1. The van der Waals surface area contributed by atoms with Gasteiger partial charge >= 0.3 is 0 Å². The predicted molar refractivity (Wildman–Crippen MR) is 57.5 cm³/mol. The van der Waals surface area contributed by atoms with E-state index in [1.165, 1.54) is 13.2 Å². The van der Waals surface area contributed by atoms with Gasteiger partial charge < -0.3 is 10.1 Å². The first-order valence-corrected chi connectivity index (χ1v) is 5.31. The van der Waals surface area contributed by atoms with E-state index in [0.29, 0.717) is 6.54 Å². The van der Waals surface area contributed by atoms with Crippen molar-refractivity contribution in [2.75, 3.05) is 7.11 Å². The van der Waals surface area contributed by atoms with E-state index < -0.39 is 5.82 Å². The van der Waals surface area contributed by atoms with Crippen molar-refractivity contribution in [2.45, 2.75) is 19.4 Å². The van der Waals surface area contributed by atoms with Gasteiger partial charge in [0.1, 0.15) is 0 Å². The lowest BCUT2D eigenvalue weighted by atomic mass is 10.2. The average molecular weight is 223 g/mol. The van der Waals surface area contributed by atoms with Gasteiger partial charge in [0.05, 0.1) is 7.11 Å². The van der Waals surface area contributed by atoms with Crippen LogP contribution in [-0.2, 0) is 11.3 Å². The first kappa shape index (κ1) is 10.9. The maximum atomic E-state index is 13.3. The Hall–Kier alpha value is -1.58. The molecule has 0 spiro atoms. The molecule has 1 N–H and O–H groups in total. The first-order valence-electron chi connectivity index (χ1n) is 5.31. The lowest BCUT2D eigenvalue weighted by molar-refractivity contribution is -0.122. The number of carbonyl (C=O) groups is 1. The summed E-state index contributed by atoms with van der Waals surface area (Å²) in [6, 6.07) is 4.69. The van der Waals surface area contributed by atoms with Gasteiger partial charge in [-0.1, -0.05) is 6.07 Å². The summed E-state index contributed by atoms with van der Waals surface area (Å²) < 4.78 is 18.1. The third-order valence-electron chi connectivity index (χ3n) is 2.63. The molecule has 4 heteroatoms. The quantitative estimate of drug-likeness (QED) is 0.846. The molecule has 0 saturated heterocycles. The van der Waals surface area contributed by atoms with Crippen molar-refractivity contribution in [3.8, 4) is 5.75 Å². The molecule has 1 aliphatic carbocycles. The Bertz CT molecular complexity index is 402. The maximum absolute atomic E-state index is 13.3. The molecule has 3 nitrogen and oxygen atoms in total. The van der Waals surface area contributed by atoms with Crippen molar-refractivity contribution in [3.05, 3.63) is 29.6 Å². The molecule has 1 saturated carbocycles. The zero-order chi connectivity index (χ0) is 11.5. The molecule has 1 fully saturated rings. The average Bonchev–Trinajstić information content (AvgIpc) is 3.10. The molecule has 1 aromatic rings. The Morgan fingerprint density at radius 2 is 2.31 bits per heavy atom. The normalized spacial score (nSPS) is 14.6. The number of methoxy groups -OCH3 is 1. The highest BCUT2D eigenvalue weighted by Gasteiger charge is 2.29. The molecule has 0 radical (unpaired) electrons. The van der Waals surface area contributed by atoms with Crippen molar-refractivity contribution in [2.24, 2.45) is 5.92 Å². The van der Waals surface area contributed by atoms with E-state index in [-0.39, 0.29) is 17.6 Å². The Morgan fingerprint density at radius 3 is 2.88 bits per heavy atom. The van der Waals surface area contributed by atoms with E-state index in [2.05, 4.69) is 5.32 Å². The molecule has 0 heterocycles. The van der Waals surface area contributed by atoms with Gasteiger partial charge in [-0.2, -0.15) is 0 Å². The molecular formula is C12H14FNO2. The molecule has 86 valence electrons. The number of halogens is 1. The number of ether oxygens (including phenoxy) is 1. The number of amides is 1. The molecule has 1 aromatic carbocycles. The van der Waals surface area contributed by atoms with Crippen LogP contribution >= 0.6 is 0 Å². The Labute approximate surface area is 93.6 Å². The Kier molecular flexibility index (Phi) is 3.08. The smallest absolute Gasteiger partial charge is 0.223 e. The monoisotopic (exact) mass is 223 g/mol. The summed E-state index contributed by atoms with van der Waals surface area (Å²) in [4.78, 5) is 11.4. The first-order chi connectivity index (χ1) is 7.70. The van der Waals surface area contributed by atoms with Gasteiger partial charge in [0.15, 0.2) is 11.6 Å². The fraction of sp³-hybridized carbons (Fsp3) is 0.417. The largest absolute Gasteiger partial charge is 0.494 e.